The zero-order valence-electron chi connectivity index (χ0n) is 23.2. The Labute approximate surface area is 263 Å². The Hall–Kier alpha value is -5.40. The number of carbonyl (C=O) groups is 2. The van der Waals surface area contributed by atoms with Gasteiger partial charge in [0.2, 0.25) is 17.7 Å². The summed E-state index contributed by atoms with van der Waals surface area (Å²) in [6, 6.07) is 11.7. The lowest BCUT2D eigenvalue weighted by Gasteiger charge is -2.10. The van der Waals surface area contributed by atoms with Gasteiger partial charge in [0.1, 0.15) is 27.8 Å². The van der Waals surface area contributed by atoms with Crippen LogP contribution in [0.25, 0.3) is 0 Å². The zero-order chi connectivity index (χ0) is 33.5. The number of anilines is 2. The molecule has 0 aliphatic rings. The molecule has 0 atom stereocenters. The largest absolute Gasteiger partial charge is 0.481 e. The summed E-state index contributed by atoms with van der Waals surface area (Å²) in [5.41, 5.74) is 4.47. The third kappa shape index (κ3) is 8.37. The number of rotatable bonds is 9. The molecule has 0 bridgehead atoms. The first-order valence-corrected chi connectivity index (χ1v) is 14.1. The summed E-state index contributed by atoms with van der Waals surface area (Å²) in [5, 5.41) is 24.1. The van der Waals surface area contributed by atoms with Crippen LogP contribution in [0, 0.1) is 10.1 Å². The van der Waals surface area contributed by atoms with E-state index in [2.05, 4.69) is 20.4 Å². The number of aryl methyl sites for hydroxylation is 1. The number of benzene rings is 2. The van der Waals surface area contributed by atoms with Crippen LogP contribution >= 0.6 is 23.2 Å². The maximum atomic E-state index is 12.4. The van der Waals surface area contributed by atoms with E-state index in [0.717, 1.165) is 7.05 Å². The molecule has 21 heteroatoms. The van der Waals surface area contributed by atoms with Gasteiger partial charge in [0.15, 0.2) is 10.2 Å². The fraction of sp³-hybridized carbons (Fsp3) is 0.125. The zero-order valence-corrected chi connectivity index (χ0v) is 25.5. The number of hydrogen-bond acceptors (Lipinski definition) is 13. The molecule has 4 aromatic rings. The van der Waals surface area contributed by atoms with Crippen LogP contribution in [0.2, 0.25) is 10.2 Å². The highest BCUT2D eigenvalue weighted by Gasteiger charge is 2.32. The van der Waals surface area contributed by atoms with Gasteiger partial charge in [-0.25, -0.2) is 14.3 Å². The SMILES string of the molecule is COc1cc(OC)nc(NC(=O)NS(=O)(=O)c2c(C(=O)O)c(Cl)nn2C)n1.Nc1c([N+](=O)[O-])ccc(Oc2ccccc2)c1Cl. The number of carbonyl (C=O) groups excluding carboxylic acids is 1. The fourth-order valence-electron chi connectivity index (χ4n) is 3.35. The summed E-state index contributed by atoms with van der Waals surface area (Å²) >= 11 is 11.6. The number of hydrogen-bond donors (Lipinski definition) is 4. The van der Waals surface area contributed by atoms with Crippen LogP contribution in [0.3, 0.4) is 0 Å². The van der Waals surface area contributed by atoms with E-state index in [1.807, 2.05) is 6.07 Å². The number of para-hydroxylation sites is 1. The molecule has 0 aliphatic heterocycles. The van der Waals surface area contributed by atoms with Crippen molar-refractivity contribution >= 4 is 62.5 Å². The second-order valence-corrected chi connectivity index (χ2v) is 10.6. The Balaban J connectivity index is 0.000000265. The molecule has 0 unspecified atom stereocenters. The lowest BCUT2D eigenvalue weighted by molar-refractivity contribution is -0.383. The first-order chi connectivity index (χ1) is 21.2. The fourth-order valence-corrected chi connectivity index (χ4v) is 5.12. The number of halogens is 2. The number of carboxylic acid groups (broad SMARTS) is 1. The van der Waals surface area contributed by atoms with Gasteiger partial charge in [-0.15, -0.1) is 0 Å². The summed E-state index contributed by atoms with van der Waals surface area (Å²) in [7, 11) is -0.858. The highest BCUT2D eigenvalue weighted by atomic mass is 35.5. The molecule has 2 amide bonds. The molecular formula is C24H22Cl2N8O10S. The Morgan fingerprint density at radius 3 is 2.20 bits per heavy atom. The number of nitro groups is 1. The van der Waals surface area contributed by atoms with Crippen molar-refractivity contribution in [3.8, 4) is 23.3 Å². The van der Waals surface area contributed by atoms with E-state index in [9.17, 15) is 28.1 Å². The van der Waals surface area contributed by atoms with E-state index in [0.29, 0.717) is 10.4 Å². The minimum absolute atomic E-state index is 0.0352. The third-order valence-corrected chi connectivity index (χ3v) is 7.35. The molecule has 4 rings (SSSR count). The van der Waals surface area contributed by atoms with Crippen molar-refractivity contribution in [2.45, 2.75) is 5.03 Å². The first-order valence-electron chi connectivity index (χ1n) is 11.9. The van der Waals surface area contributed by atoms with Crippen molar-refractivity contribution in [3.63, 3.8) is 0 Å². The Morgan fingerprint density at radius 1 is 1.07 bits per heavy atom. The molecule has 0 fully saturated rings. The number of ether oxygens (including phenoxy) is 3. The maximum absolute atomic E-state index is 12.4. The second-order valence-electron chi connectivity index (χ2n) is 8.22. The van der Waals surface area contributed by atoms with Gasteiger partial charge in [-0.2, -0.15) is 23.5 Å². The molecule has 0 spiro atoms. The predicted octanol–water partition coefficient (Wildman–Crippen LogP) is 3.71. The number of aromatic carboxylic acids is 1. The number of nitrogens with two attached hydrogens (primary N) is 1. The van der Waals surface area contributed by atoms with E-state index < -0.39 is 42.7 Å². The van der Waals surface area contributed by atoms with Crippen LogP contribution in [0.15, 0.2) is 53.6 Å². The van der Waals surface area contributed by atoms with Gasteiger partial charge in [-0.05, 0) is 18.2 Å². The van der Waals surface area contributed by atoms with Gasteiger partial charge < -0.3 is 25.1 Å². The monoisotopic (exact) mass is 684 g/mol. The summed E-state index contributed by atoms with van der Waals surface area (Å²) < 4.78 is 42.4. The number of nitrogens with zero attached hydrogens (tertiary/aromatic N) is 5. The molecule has 0 saturated carbocycles. The number of urea groups is 1. The predicted molar refractivity (Wildman–Crippen MR) is 159 cm³/mol. The minimum atomic E-state index is -4.64. The number of amides is 2. The second kappa shape index (κ2) is 14.4. The number of carboxylic acids is 1. The summed E-state index contributed by atoms with van der Waals surface area (Å²) in [6.07, 6.45) is 0. The molecular weight excluding hydrogens is 663 g/mol. The van der Waals surface area contributed by atoms with Crippen LogP contribution in [0.1, 0.15) is 10.4 Å². The first kappa shape index (κ1) is 34.1. The summed E-state index contributed by atoms with van der Waals surface area (Å²) in [4.78, 5) is 40.9. The summed E-state index contributed by atoms with van der Waals surface area (Å²) in [5.74, 6) is -0.994. The standard InChI is InChI=1S/C12H13ClN6O7S.C12H9ClN2O3/c1-19-9(7(10(20)21)8(13)17-19)27(23,24)18-12(22)16-11-14-5(25-2)4-6(15-11)26-3;13-11-10(18-8-4-2-1-3-5-8)7-6-9(12(11)14)15(16)17/h4H,1-3H3,(H,20,21)(H2,14,15,16,18,22);1-7H,14H2. The minimum Gasteiger partial charge on any atom is -0.481 e. The summed E-state index contributed by atoms with van der Waals surface area (Å²) in [6.45, 7) is 0. The van der Waals surface area contributed by atoms with Gasteiger partial charge in [-0.1, -0.05) is 41.4 Å². The average molecular weight is 685 g/mol. The lowest BCUT2D eigenvalue weighted by Crippen LogP contribution is -2.36. The quantitative estimate of drug-likeness (QED) is 0.111. The van der Waals surface area contributed by atoms with Gasteiger partial charge in [0.05, 0.1) is 25.2 Å². The van der Waals surface area contributed by atoms with Crippen LogP contribution in [-0.4, -0.2) is 64.4 Å². The molecule has 45 heavy (non-hydrogen) atoms. The lowest BCUT2D eigenvalue weighted by atomic mass is 10.2. The van der Waals surface area contributed by atoms with Crippen molar-refractivity contribution in [3.05, 3.63) is 74.4 Å². The van der Waals surface area contributed by atoms with Crippen molar-refractivity contribution in [1.82, 2.24) is 24.5 Å². The Morgan fingerprint density at radius 2 is 1.67 bits per heavy atom. The topological polar surface area (TPSA) is 253 Å². The van der Waals surface area contributed by atoms with Crippen molar-refractivity contribution in [1.29, 1.82) is 0 Å². The van der Waals surface area contributed by atoms with E-state index in [-0.39, 0.29) is 39.9 Å². The molecule has 238 valence electrons. The highest BCUT2D eigenvalue weighted by Crippen LogP contribution is 2.38. The van der Waals surface area contributed by atoms with Crippen LogP contribution in [0.5, 0.6) is 23.3 Å². The van der Waals surface area contributed by atoms with E-state index >= 15 is 0 Å². The molecule has 2 aromatic heterocycles. The van der Waals surface area contributed by atoms with Crippen molar-refractivity contribution in [2.75, 3.05) is 25.3 Å². The average Bonchev–Trinajstić information content (AvgIpc) is 3.30. The number of nitrogen functional groups attached to an aromatic ring is 1. The maximum Gasteiger partial charge on any atom is 0.341 e. The number of nitro benzene ring substituents is 1. The van der Waals surface area contributed by atoms with Crippen LogP contribution in [0.4, 0.5) is 22.1 Å². The van der Waals surface area contributed by atoms with Crippen molar-refractivity contribution in [2.24, 2.45) is 7.05 Å². The smallest absolute Gasteiger partial charge is 0.341 e. The van der Waals surface area contributed by atoms with Gasteiger partial charge in [0.25, 0.3) is 15.7 Å². The molecule has 0 saturated heterocycles. The van der Waals surface area contributed by atoms with Crippen LogP contribution < -0.4 is 30.0 Å². The molecule has 2 heterocycles. The number of aromatic nitrogens is 4. The number of methoxy groups -OCH3 is 2. The van der Waals surface area contributed by atoms with E-state index in [1.54, 1.807) is 29.0 Å². The Bertz CT molecular complexity index is 1830. The molecule has 0 radical (unpaired) electrons. The van der Waals surface area contributed by atoms with Crippen molar-refractivity contribution < 1.29 is 42.2 Å². The normalized spacial score (nSPS) is 10.6. The van der Waals surface area contributed by atoms with E-state index in [4.69, 9.17) is 48.3 Å². The molecule has 5 N–H and O–H groups in total. The third-order valence-electron chi connectivity index (χ3n) is 5.26. The number of nitrogens with one attached hydrogen (secondary N) is 2. The molecule has 2 aromatic carbocycles. The van der Waals surface area contributed by atoms with Gasteiger partial charge in [-0.3, -0.25) is 20.1 Å². The molecule has 0 aliphatic carbocycles. The highest BCUT2D eigenvalue weighted by molar-refractivity contribution is 7.90. The molecule has 18 nitrogen and oxygen atoms in total. The number of sulfonamides is 1. The van der Waals surface area contributed by atoms with Crippen LogP contribution in [-0.2, 0) is 17.1 Å². The van der Waals surface area contributed by atoms with Gasteiger partial charge >= 0.3 is 12.0 Å². The Kier molecular flexibility index (Phi) is 10.9. The van der Waals surface area contributed by atoms with E-state index in [1.165, 1.54) is 32.4 Å². The van der Waals surface area contributed by atoms with Gasteiger partial charge in [0, 0.05) is 13.1 Å².